The molecule has 1 N–H and O–H groups in total. The Morgan fingerprint density at radius 2 is 1.93 bits per heavy atom. The first kappa shape index (κ1) is 20.4. The van der Waals surface area contributed by atoms with E-state index in [2.05, 4.69) is 15.5 Å². The molecule has 4 rings (SSSR count). The molecule has 4 aromatic rings. The molecule has 0 saturated heterocycles. The molecule has 154 valence electrons. The van der Waals surface area contributed by atoms with Gasteiger partial charge in [-0.05, 0) is 42.8 Å². The summed E-state index contributed by atoms with van der Waals surface area (Å²) in [6, 6.07) is 14.7. The largest absolute Gasteiger partial charge is 0.462 e. The number of fused-ring (bicyclic) bond motifs is 3. The number of esters is 1. The molecule has 2 heterocycles. The monoisotopic (exact) mass is 440 g/mol. The lowest BCUT2D eigenvalue weighted by atomic mass is 10.2. The number of thioether (sulfide) groups is 1. The molecule has 0 spiro atoms. The highest BCUT2D eigenvalue weighted by Crippen LogP contribution is 2.29. The number of nitrogens with zero attached hydrogens (tertiary/aromatic N) is 3. The number of nitrogens with one attached hydrogen (secondary N) is 1. The number of hydrogen-bond acceptors (Lipinski definition) is 7. The summed E-state index contributed by atoms with van der Waals surface area (Å²) in [5.41, 5.74) is 2.12. The van der Waals surface area contributed by atoms with Crippen molar-refractivity contribution in [1.29, 1.82) is 0 Å². The first-order valence-corrected chi connectivity index (χ1v) is 11.4. The van der Waals surface area contributed by atoms with E-state index in [4.69, 9.17) is 4.74 Å². The van der Waals surface area contributed by atoms with Gasteiger partial charge in [-0.1, -0.05) is 48.6 Å². The Balaban J connectivity index is 1.35. The summed E-state index contributed by atoms with van der Waals surface area (Å²) in [5.74, 6) is -0.309. The molecule has 0 bridgehead atoms. The van der Waals surface area contributed by atoms with Crippen molar-refractivity contribution in [2.75, 3.05) is 17.7 Å². The zero-order valence-corrected chi connectivity index (χ0v) is 18.0. The van der Waals surface area contributed by atoms with Crippen molar-refractivity contribution in [1.82, 2.24) is 14.6 Å². The van der Waals surface area contributed by atoms with E-state index < -0.39 is 0 Å². The number of unbranched alkanes of at least 4 members (excludes halogenated alkanes) is 1. The molecular weight excluding hydrogens is 420 g/mol. The number of benzene rings is 2. The zero-order valence-electron chi connectivity index (χ0n) is 16.3. The maximum Gasteiger partial charge on any atom is 0.338 e. The number of rotatable bonds is 8. The molecular formula is C21H20N4O3S2. The van der Waals surface area contributed by atoms with Crippen molar-refractivity contribution < 1.29 is 14.3 Å². The van der Waals surface area contributed by atoms with Crippen molar-refractivity contribution in [3.63, 3.8) is 0 Å². The van der Waals surface area contributed by atoms with Crippen molar-refractivity contribution >= 4 is 55.8 Å². The van der Waals surface area contributed by atoms with E-state index in [1.165, 1.54) is 11.8 Å². The SMILES string of the molecule is CCCCOC(=O)c1ccc(NC(=O)CSc2nnc3sc4ccccc4n23)cc1. The van der Waals surface area contributed by atoms with Gasteiger partial charge in [0.1, 0.15) is 0 Å². The Kier molecular flexibility index (Phi) is 6.29. The Bertz CT molecular complexity index is 1180. The Morgan fingerprint density at radius 3 is 2.73 bits per heavy atom. The zero-order chi connectivity index (χ0) is 20.9. The minimum absolute atomic E-state index is 0.158. The molecule has 0 unspecified atom stereocenters. The first-order chi connectivity index (χ1) is 14.7. The second-order valence-corrected chi connectivity index (χ2v) is 8.53. The van der Waals surface area contributed by atoms with Crippen LogP contribution in [0.2, 0.25) is 0 Å². The van der Waals surface area contributed by atoms with Crippen LogP contribution >= 0.6 is 23.1 Å². The van der Waals surface area contributed by atoms with Crippen LogP contribution in [0, 0.1) is 0 Å². The van der Waals surface area contributed by atoms with E-state index in [1.807, 2.05) is 35.6 Å². The highest BCUT2D eigenvalue weighted by Gasteiger charge is 2.14. The Morgan fingerprint density at radius 1 is 1.13 bits per heavy atom. The van der Waals surface area contributed by atoms with E-state index >= 15 is 0 Å². The Hall–Kier alpha value is -2.91. The van der Waals surface area contributed by atoms with Gasteiger partial charge in [0.15, 0.2) is 5.16 Å². The van der Waals surface area contributed by atoms with Crippen molar-refractivity contribution in [3.05, 3.63) is 54.1 Å². The third-order valence-electron chi connectivity index (χ3n) is 4.38. The molecule has 2 aromatic carbocycles. The molecule has 0 aliphatic heterocycles. The number of amides is 1. The number of thiazole rings is 1. The fourth-order valence-electron chi connectivity index (χ4n) is 2.86. The highest BCUT2D eigenvalue weighted by molar-refractivity contribution is 7.99. The maximum absolute atomic E-state index is 12.4. The number of anilines is 1. The van der Waals surface area contributed by atoms with E-state index in [0.717, 1.165) is 28.0 Å². The normalized spacial score (nSPS) is 11.1. The molecule has 0 fully saturated rings. The van der Waals surface area contributed by atoms with Crippen LogP contribution in [0.1, 0.15) is 30.1 Å². The van der Waals surface area contributed by atoms with Gasteiger partial charge in [0.2, 0.25) is 10.9 Å². The molecule has 0 saturated carbocycles. The van der Waals surface area contributed by atoms with Crippen LogP contribution in [0.5, 0.6) is 0 Å². The molecule has 0 aliphatic carbocycles. The number of hydrogen-bond donors (Lipinski definition) is 1. The molecule has 0 radical (unpaired) electrons. The molecule has 9 heteroatoms. The fourth-order valence-corrected chi connectivity index (χ4v) is 4.63. The molecule has 2 aromatic heterocycles. The summed E-state index contributed by atoms with van der Waals surface area (Å²) in [7, 11) is 0. The number of ether oxygens (including phenoxy) is 1. The van der Waals surface area contributed by atoms with Crippen molar-refractivity contribution in [2.24, 2.45) is 0 Å². The van der Waals surface area contributed by atoms with Crippen molar-refractivity contribution in [3.8, 4) is 0 Å². The average Bonchev–Trinajstić information content (AvgIpc) is 3.32. The van der Waals surface area contributed by atoms with Gasteiger partial charge in [0, 0.05) is 5.69 Å². The number of carbonyl (C=O) groups is 2. The number of aromatic nitrogens is 3. The first-order valence-electron chi connectivity index (χ1n) is 9.58. The molecule has 1 amide bonds. The van der Waals surface area contributed by atoms with Gasteiger partial charge in [-0.2, -0.15) is 0 Å². The molecule has 0 aliphatic rings. The fraction of sp³-hybridized carbons (Fsp3) is 0.238. The second kappa shape index (κ2) is 9.27. The Labute approximate surface area is 181 Å². The predicted molar refractivity (Wildman–Crippen MR) is 119 cm³/mol. The van der Waals surface area contributed by atoms with Crippen LogP contribution in [-0.2, 0) is 9.53 Å². The molecule has 30 heavy (non-hydrogen) atoms. The topological polar surface area (TPSA) is 85.6 Å². The van der Waals surface area contributed by atoms with Crippen molar-refractivity contribution in [2.45, 2.75) is 24.9 Å². The third-order valence-corrected chi connectivity index (χ3v) is 6.32. The molecule has 0 atom stereocenters. The lowest BCUT2D eigenvalue weighted by Gasteiger charge is -2.07. The molecule has 7 nitrogen and oxygen atoms in total. The van der Waals surface area contributed by atoms with E-state index in [9.17, 15) is 9.59 Å². The summed E-state index contributed by atoms with van der Waals surface area (Å²) in [5, 5.41) is 11.9. The summed E-state index contributed by atoms with van der Waals surface area (Å²) >= 11 is 2.90. The lowest BCUT2D eigenvalue weighted by molar-refractivity contribution is -0.113. The van der Waals surface area contributed by atoms with Gasteiger partial charge < -0.3 is 10.1 Å². The van der Waals surface area contributed by atoms with Gasteiger partial charge in [-0.15, -0.1) is 10.2 Å². The average molecular weight is 441 g/mol. The standard InChI is InChI=1S/C21H20N4O3S2/c1-2-3-12-28-19(27)14-8-10-15(11-9-14)22-18(26)13-29-20-23-24-21-25(20)16-6-4-5-7-17(16)30-21/h4-11H,2-3,12-13H2,1H3,(H,22,26). The van der Waals surface area contributed by atoms with Gasteiger partial charge in [-0.3, -0.25) is 9.20 Å². The summed E-state index contributed by atoms with van der Waals surface area (Å²) < 4.78 is 8.28. The van der Waals surface area contributed by atoms with Crippen LogP contribution in [0.3, 0.4) is 0 Å². The second-order valence-electron chi connectivity index (χ2n) is 6.57. The quantitative estimate of drug-likeness (QED) is 0.244. The van der Waals surface area contributed by atoms with E-state index in [0.29, 0.717) is 23.0 Å². The maximum atomic E-state index is 12.4. The van der Waals surface area contributed by atoms with Crippen LogP contribution in [-0.4, -0.2) is 38.8 Å². The highest BCUT2D eigenvalue weighted by atomic mass is 32.2. The van der Waals surface area contributed by atoms with Gasteiger partial charge >= 0.3 is 5.97 Å². The van der Waals surface area contributed by atoms with Crippen LogP contribution in [0.15, 0.2) is 53.7 Å². The van der Waals surface area contributed by atoms with Crippen LogP contribution < -0.4 is 5.32 Å². The lowest BCUT2D eigenvalue weighted by Crippen LogP contribution is -2.14. The number of para-hydroxylation sites is 1. The summed E-state index contributed by atoms with van der Waals surface area (Å²) in [4.78, 5) is 25.1. The van der Waals surface area contributed by atoms with Gasteiger partial charge in [0.05, 0.1) is 28.1 Å². The van der Waals surface area contributed by atoms with Gasteiger partial charge in [0.25, 0.3) is 0 Å². The predicted octanol–water partition coefficient (Wildman–Crippen LogP) is 4.63. The summed E-state index contributed by atoms with van der Waals surface area (Å²) in [6.07, 6.45) is 1.82. The van der Waals surface area contributed by atoms with E-state index in [1.54, 1.807) is 35.6 Å². The van der Waals surface area contributed by atoms with Crippen LogP contribution in [0.4, 0.5) is 5.69 Å². The smallest absolute Gasteiger partial charge is 0.338 e. The summed E-state index contributed by atoms with van der Waals surface area (Å²) in [6.45, 7) is 2.46. The van der Waals surface area contributed by atoms with Crippen LogP contribution in [0.25, 0.3) is 15.2 Å². The van der Waals surface area contributed by atoms with E-state index in [-0.39, 0.29) is 17.6 Å². The minimum atomic E-state index is -0.351. The van der Waals surface area contributed by atoms with Gasteiger partial charge in [-0.25, -0.2) is 4.79 Å². The number of carbonyl (C=O) groups excluding carboxylic acids is 2. The minimum Gasteiger partial charge on any atom is -0.462 e. The third kappa shape index (κ3) is 4.47.